The fourth-order valence-electron chi connectivity index (χ4n) is 3.78. The first-order valence-electron chi connectivity index (χ1n) is 9.62. The zero-order valence-electron chi connectivity index (χ0n) is 16.8. The number of rotatable bonds is 7. The number of ether oxygens (including phenoxy) is 1. The van der Waals surface area contributed by atoms with Crippen molar-refractivity contribution in [3.63, 3.8) is 0 Å². The van der Waals surface area contributed by atoms with Crippen LogP contribution in [0.15, 0.2) is 18.2 Å². The maximum absolute atomic E-state index is 13.3. The van der Waals surface area contributed by atoms with Gasteiger partial charge in [-0.15, -0.1) is 5.92 Å². The Kier molecular flexibility index (Phi) is 8.04. The first-order valence-corrected chi connectivity index (χ1v) is 9.62. The predicted molar refractivity (Wildman–Crippen MR) is 103 cm³/mol. The predicted octanol–water partition coefficient (Wildman–Crippen LogP) is 3.09. The molecule has 0 bridgehead atoms. The van der Waals surface area contributed by atoms with Crippen molar-refractivity contribution in [2.24, 2.45) is 17.8 Å². The molecule has 164 valence electrons. The quantitative estimate of drug-likeness (QED) is 0.517. The molecule has 8 heteroatoms. The number of carbonyl (C=O) groups is 2. The molecule has 0 amide bonds. The van der Waals surface area contributed by atoms with Crippen LogP contribution in [0.1, 0.15) is 29.5 Å². The monoisotopic (exact) mass is 426 g/mol. The van der Waals surface area contributed by atoms with E-state index in [0.29, 0.717) is 6.42 Å². The number of halogens is 3. The van der Waals surface area contributed by atoms with Crippen molar-refractivity contribution in [2.45, 2.75) is 45.4 Å². The first-order chi connectivity index (χ1) is 14.0. The Balaban J connectivity index is 2.11. The van der Waals surface area contributed by atoms with Crippen LogP contribution in [-0.2, 0) is 20.7 Å². The van der Waals surface area contributed by atoms with Gasteiger partial charge in [-0.1, -0.05) is 24.1 Å². The third kappa shape index (κ3) is 6.07. The summed E-state index contributed by atoms with van der Waals surface area (Å²) in [5.41, 5.74) is 3.08. The van der Waals surface area contributed by atoms with Crippen LogP contribution in [0.3, 0.4) is 0 Å². The van der Waals surface area contributed by atoms with Crippen molar-refractivity contribution in [1.29, 1.82) is 0 Å². The van der Waals surface area contributed by atoms with E-state index < -0.39 is 48.4 Å². The van der Waals surface area contributed by atoms with Gasteiger partial charge < -0.3 is 14.9 Å². The number of carbonyl (C=O) groups excluding carboxylic acids is 1. The second-order valence-electron chi connectivity index (χ2n) is 7.58. The molecular formula is C22H25F3O5. The first kappa shape index (κ1) is 23.9. The average Bonchev–Trinajstić information content (AvgIpc) is 2.88. The smallest absolute Gasteiger partial charge is 0.401 e. The number of ketones is 1. The van der Waals surface area contributed by atoms with E-state index in [-0.39, 0.29) is 19.4 Å². The number of aryl methyl sites for hydroxylation is 3. The molecule has 1 aromatic rings. The van der Waals surface area contributed by atoms with E-state index in [4.69, 9.17) is 9.84 Å². The fourth-order valence-corrected chi connectivity index (χ4v) is 3.78. The molecule has 1 saturated carbocycles. The summed E-state index contributed by atoms with van der Waals surface area (Å²) < 4.78 is 44.8. The largest absolute Gasteiger partial charge is 0.480 e. The molecule has 0 heterocycles. The van der Waals surface area contributed by atoms with E-state index in [1.165, 1.54) is 0 Å². The van der Waals surface area contributed by atoms with Gasteiger partial charge in [0.15, 0.2) is 5.78 Å². The normalized spacial score (nSPS) is 23.9. The summed E-state index contributed by atoms with van der Waals surface area (Å²) in [6.45, 7) is 3.17. The summed E-state index contributed by atoms with van der Waals surface area (Å²) >= 11 is 0. The van der Waals surface area contributed by atoms with E-state index in [1.807, 2.05) is 32.0 Å². The van der Waals surface area contributed by atoms with E-state index in [9.17, 15) is 27.9 Å². The molecule has 2 rings (SSSR count). The molecule has 0 saturated heterocycles. The molecule has 1 aliphatic rings. The van der Waals surface area contributed by atoms with Crippen molar-refractivity contribution < 1.29 is 37.7 Å². The molecule has 30 heavy (non-hydrogen) atoms. The number of aliphatic carboxylic acids is 1. The van der Waals surface area contributed by atoms with Gasteiger partial charge in [-0.3, -0.25) is 4.79 Å². The van der Waals surface area contributed by atoms with Gasteiger partial charge in [-0.2, -0.15) is 13.2 Å². The van der Waals surface area contributed by atoms with Gasteiger partial charge in [0.05, 0.1) is 6.10 Å². The minimum Gasteiger partial charge on any atom is -0.480 e. The lowest BCUT2D eigenvalue weighted by Gasteiger charge is -2.20. The molecular weight excluding hydrogens is 401 g/mol. The summed E-state index contributed by atoms with van der Waals surface area (Å²) in [4.78, 5) is 22.9. The van der Waals surface area contributed by atoms with Crippen LogP contribution in [0.5, 0.6) is 0 Å². The van der Waals surface area contributed by atoms with Crippen LogP contribution in [0.2, 0.25) is 0 Å². The number of benzene rings is 1. The van der Waals surface area contributed by atoms with Crippen molar-refractivity contribution in [1.82, 2.24) is 0 Å². The minimum atomic E-state index is -4.82. The van der Waals surface area contributed by atoms with Crippen molar-refractivity contribution in [2.75, 3.05) is 13.2 Å². The molecule has 1 fully saturated rings. The Morgan fingerprint density at radius 2 is 1.90 bits per heavy atom. The summed E-state index contributed by atoms with van der Waals surface area (Å²) in [6.07, 6.45) is -6.17. The van der Waals surface area contributed by atoms with E-state index in [1.54, 1.807) is 0 Å². The number of carboxylic acids is 1. The lowest BCUT2D eigenvalue weighted by molar-refractivity contribution is -0.195. The number of carboxylic acid groups (broad SMARTS) is 1. The van der Waals surface area contributed by atoms with Crippen LogP contribution in [0.4, 0.5) is 13.2 Å². The number of aliphatic hydroxyl groups excluding tert-OH is 1. The van der Waals surface area contributed by atoms with E-state index >= 15 is 0 Å². The zero-order valence-corrected chi connectivity index (χ0v) is 16.8. The van der Waals surface area contributed by atoms with Crippen LogP contribution in [0, 0.1) is 43.4 Å². The summed E-state index contributed by atoms with van der Waals surface area (Å²) in [7, 11) is 0. The Morgan fingerprint density at radius 1 is 1.20 bits per heavy atom. The molecule has 0 aliphatic heterocycles. The summed E-state index contributed by atoms with van der Waals surface area (Å²) in [6, 6.07) is 5.75. The van der Waals surface area contributed by atoms with Crippen LogP contribution in [0.25, 0.3) is 0 Å². The van der Waals surface area contributed by atoms with Crippen molar-refractivity contribution in [3.8, 4) is 11.8 Å². The maximum Gasteiger partial charge on any atom is 0.401 e. The number of alkyl halides is 3. The Morgan fingerprint density at radius 3 is 2.50 bits per heavy atom. The Bertz CT molecular complexity index is 837. The summed E-state index contributed by atoms with van der Waals surface area (Å²) in [5.74, 6) is -1.31. The summed E-state index contributed by atoms with van der Waals surface area (Å²) in [5, 5.41) is 18.7. The number of hydrogen-bond donors (Lipinski definition) is 2. The van der Waals surface area contributed by atoms with Crippen molar-refractivity contribution in [3.05, 3.63) is 34.9 Å². The minimum absolute atomic E-state index is 0.104. The van der Waals surface area contributed by atoms with Gasteiger partial charge >= 0.3 is 12.1 Å². The molecule has 5 nitrogen and oxygen atoms in total. The molecule has 4 atom stereocenters. The number of aliphatic hydroxyl groups is 1. The van der Waals surface area contributed by atoms with Gasteiger partial charge in [0.1, 0.15) is 19.1 Å². The van der Waals surface area contributed by atoms with Gasteiger partial charge in [0, 0.05) is 18.3 Å². The molecule has 0 spiro atoms. The fraction of sp³-hybridized carbons (Fsp3) is 0.545. The molecule has 3 unspecified atom stereocenters. The highest BCUT2D eigenvalue weighted by atomic mass is 19.4. The standard InChI is InChI=1S/C22H25F3O5/c1-13-6-7-15(11-14(13)2)8-9-17-16(5-3-4-10-30-12-18(26)27)20(28)19(21(17)29)22(23,24)25/h6-7,11,16-17,19-20,28H,5,8-10,12H2,1-2H3,(H,26,27)/t16-,17?,19?,20?/m1/s1. The number of Topliss-reactive ketones (excluding diaryl/α,β-unsaturated/α-hetero) is 1. The molecule has 1 aliphatic carbocycles. The highest BCUT2D eigenvalue weighted by Gasteiger charge is 2.59. The van der Waals surface area contributed by atoms with Crippen molar-refractivity contribution >= 4 is 11.8 Å². The SMILES string of the molecule is Cc1ccc(CCC2C(=O)C(C(F)(F)F)C(O)[C@@H]2CC#CCOCC(=O)O)cc1C. The van der Waals surface area contributed by atoms with Gasteiger partial charge in [-0.25, -0.2) is 4.79 Å². The highest BCUT2D eigenvalue weighted by molar-refractivity contribution is 5.87. The topological polar surface area (TPSA) is 83.8 Å². The Labute approximate surface area is 173 Å². The molecule has 2 N–H and O–H groups in total. The van der Waals surface area contributed by atoms with Gasteiger partial charge in [-0.05, 0) is 43.4 Å². The van der Waals surface area contributed by atoms with Gasteiger partial charge in [0.2, 0.25) is 0 Å². The van der Waals surface area contributed by atoms with Gasteiger partial charge in [0.25, 0.3) is 0 Å². The number of hydrogen-bond acceptors (Lipinski definition) is 4. The zero-order chi connectivity index (χ0) is 22.5. The molecule has 0 radical (unpaired) electrons. The highest BCUT2D eigenvalue weighted by Crippen LogP contribution is 2.45. The third-order valence-electron chi connectivity index (χ3n) is 5.50. The van der Waals surface area contributed by atoms with E-state index in [0.717, 1.165) is 16.7 Å². The molecule has 1 aromatic carbocycles. The lowest BCUT2D eigenvalue weighted by Crippen LogP contribution is -2.36. The second kappa shape index (κ2) is 10.1. The van der Waals surface area contributed by atoms with E-state index in [2.05, 4.69) is 11.8 Å². The maximum atomic E-state index is 13.3. The third-order valence-corrected chi connectivity index (χ3v) is 5.50. The lowest BCUT2D eigenvalue weighted by atomic mass is 9.86. The second-order valence-corrected chi connectivity index (χ2v) is 7.58. The molecule has 0 aromatic heterocycles. The van der Waals surface area contributed by atoms with Crippen LogP contribution in [-0.4, -0.2) is 47.5 Å². The average molecular weight is 426 g/mol. The van der Waals surface area contributed by atoms with Crippen LogP contribution >= 0.6 is 0 Å². The Hall–Kier alpha value is -2.37. The van der Waals surface area contributed by atoms with Crippen LogP contribution < -0.4 is 0 Å².